The minimum absolute atomic E-state index is 0.548. The van der Waals surface area contributed by atoms with Gasteiger partial charge in [0.2, 0.25) is 11.7 Å². The van der Waals surface area contributed by atoms with E-state index in [0.717, 1.165) is 6.92 Å². The molecule has 0 aliphatic heterocycles. The Morgan fingerprint density at radius 1 is 1.62 bits per heavy atom. The van der Waals surface area contributed by atoms with Crippen LogP contribution in [-0.4, -0.2) is 15.6 Å². The Labute approximate surface area is 71.0 Å². The molecule has 0 radical (unpaired) electrons. The molecular weight excluding hydrogens is 181 g/mol. The van der Waals surface area contributed by atoms with Crippen LogP contribution in [0.2, 0.25) is 0 Å². The zero-order valence-electron chi connectivity index (χ0n) is 6.63. The lowest BCUT2D eigenvalue weighted by molar-refractivity contribution is -0.115. The second-order valence-corrected chi connectivity index (χ2v) is 2.27. The maximum atomic E-state index is 12.6. The van der Waals surface area contributed by atoms with E-state index < -0.39 is 23.0 Å². The van der Waals surface area contributed by atoms with E-state index in [4.69, 9.17) is 0 Å². The van der Waals surface area contributed by atoms with Crippen molar-refractivity contribution in [2.24, 2.45) is 0 Å². The summed E-state index contributed by atoms with van der Waals surface area (Å²) in [7, 11) is 0. The molecule has 70 valence electrons. The van der Waals surface area contributed by atoms with Gasteiger partial charge in [-0.05, 0) is 0 Å². The molecule has 0 aromatic carbocycles. The highest BCUT2D eigenvalue weighted by Crippen LogP contribution is 1.80. The molecule has 0 saturated heterocycles. The third-order valence-corrected chi connectivity index (χ3v) is 1.18. The minimum atomic E-state index is -1.15. The SMILES string of the molecule is CC(=O)Nn1cc(F)c(=O)[nH]c1=O. The van der Waals surface area contributed by atoms with Crippen LogP contribution in [0.15, 0.2) is 15.8 Å². The summed E-state index contributed by atoms with van der Waals surface area (Å²) >= 11 is 0. The van der Waals surface area contributed by atoms with Crippen LogP contribution in [0.25, 0.3) is 0 Å². The van der Waals surface area contributed by atoms with Crippen molar-refractivity contribution >= 4 is 5.91 Å². The number of H-pyrrole nitrogens is 1. The Bertz CT molecular complexity index is 447. The lowest BCUT2D eigenvalue weighted by Gasteiger charge is -2.03. The highest BCUT2D eigenvalue weighted by Gasteiger charge is 2.03. The Morgan fingerprint density at radius 3 is 2.77 bits per heavy atom. The first kappa shape index (κ1) is 9.17. The summed E-state index contributed by atoms with van der Waals surface area (Å²) in [6.45, 7) is 1.15. The molecule has 0 atom stereocenters. The zero-order chi connectivity index (χ0) is 10.0. The molecule has 0 aliphatic rings. The third-order valence-electron chi connectivity index (χ3n) is 1.18. The van der Waals surface area contributed by atoms with Crippen LogP contribution in [-0.2, 0) is 4.79 Å². The Balaban J connectivity index is 3.24. The number of amides is 1. The van der Waals surface area contributed by atoms with Crippen LogP contribution >= 0.6 is 0 Å². The summed E-state index contributed by atoms with van der Waals surface area (Å²) < 4.78 is 13.1. The standard InChI is InChI=1S/C6H6FN3O3/c1-3(11)9-10-2-4(7)5(12)8-6(10)13/h2H,1H3,(H,9,11)(H,8,12,13). The number of nitrogens with zero attached hydrogens (tertiary/aromatic N) is 1. The number of aromatic amines is 1. The molecule has 0 bridgehead atoms. The minimum Gasteiger partial charge on any atom is -0.274 e. The second-order valence-electron chi connectivity index (χ2n) is 2.27. The van der Waals surface area contributed by atoms with Crippen molar-refractivity contribution in [3.8, 4) is 0 Å². The van der Waals surface area contributed by atoms with Crippen molar-refractivity contribution < 1.29 is 9.18 Å². The average Bonchev–Trinajstić information content (AvgIpc) is 1.99. The number of nitrogens with one attached hydrogen (secondary N) is 2. The molecule has 1 aromatic rings. The summed E-state index contributed by atoms with van der Waals surface area (Å²) in [4.78, 5) is 33.5. The molecule has 0 fully saturated rings. The first-order valence-corrected chi connectivity index (χ1v) is 3.30. The van der Waals surface area contributed by atoms with Crippen LogP contribution in [0, 0.1) is 5.82 Å². The van der Waals surface area contributed by atoms with Gasteiger partial charge < -0.3 is 0 Å². The molecule has 0 saturated carbocycles. The number of rotatable bonds is 1. The highest BCUT2D eigenvalue weighted by atomic mass is 19.1. The first-order chi connectivity index (χ1) is 6.00. The fourth-order valence-electron chi connectivity index (χ4n) is 0.700. The number of aromatic nitrogens is 2. The molecule has 0 aliphatic carbocycles. The van der Waals surface area contributed by atoms with Gasteiger partial charge in [0.05, 0.1) is 6.20 Å². The molecule has 0 unspecified atom stereocenters. The van der Waals surface area contributed by atoms with Gasteiger partial charge in [0.15, 0.2) is 0 Å². The molecule has 1 heterocycles. The number of halogens is 1. The van der Waals surface area contributed by atoms with E-state index in [0.29, 0.717) is 10.9 Å². The quantitative estimate of drug-likeness (QED) is 0.577. The Hall–Kier alpha value is -1.92. The van der Waals surface area contributed by atoms with E-state index >= 15 is 0 Å². The van der Waals surface area contributed by atoms with Crippen LogP contribution in [0.3, 0.4) is 0 Å². The third kappa shape index (κ3) is 2.01. The van der Waals surface area contributed by atoms with Gasteiger partial charge in [-0.25, -0.2) is 9.47 Å². The average molecular weight is 187 g/mol. The first-order valence-electron chi connectivity index (χ1n) is 3.30. The topological polar surface area (TPSA) is 84.0 Å². The number of carbonyl (C=O) groups excluding carboxylic acids is 1. The van der Waals surface area contributed by atoms with Crippen molar-refractivity contribution in [2.75, 3.05) is 5.43 Å². The summed E-state index contributed by atoms with van der Waals surface area (Å²) in [6, 6.07) is 0. The summed E-state index contributed by atoms with van der Waals surface area (Å²) in [5.74, 6) is -1.69. The largest absolute Gasteiger partial charge is 0.347 e. The molecule has 7 heteroatoms. The van der Waals surface area contributed by atoms with E-state index in [1.54, 1.807) is 4.98 Å². The lowest BCUT2D eigenvalue weighted by atomic mass is 10.6. The van der Waals surface area contributed by atoms with Crippen molar-refractivity contribution in [1.29, 1.82) is 0 Å². The zero-order valence-corrected chi connectivity index (χ0v) is 6.63. The van der Waals surface area contributed by atoms with Gasteiger partial charge in [-0.3, -0.25) is 20.0 Å². The van der Waals surface area contributed by atoms with Crippen LogP contribution < -0.4 is 16.7 Å². The molecule has 1 rings (SSSR count). The molecule has 1 amide bonds. The van der Waals surface area contributed by atoms with Gasteiger partial charge in [-0.2, -0.15) is 4.39 Å². The highest BCUT2D eigenvalue weighted by molar-refractivity contribution is 5.80. The van der Waals surface area contributed by atoms with Gasteiger partial charge >= 0.3 is 5.69 Å². The fourth-order valence-corrected chi connectivity index (χ4v) is 0.700. The fraction of sp³-hybridized carbons (Fsp3) is 0.167. The van der Waals surface area contributed by atoms with E-state index in [1.165, 1.54) is 0 Å². The smallest absolute Gasteiger partial charge is 0.274 e. The van der Waals surface area contributed by atoms with E-state index in [-0.39, 0.29) is 0 Å². The van der Waals surface area contributed by atoms with Gasteiger partial charge in [-0.15, -0.1) is 0 Å². The maximum Gasteiger partial charge on any atom is 0.347 e. The molecule has 1 aromatic heterocycles. The van der Waals surface area contributed by atoms with Crippen molar-refractivity contribution in [3.63, 3.8) is 0 Å². The van der Waals surface area contributed by atoms with Crippen LogP contribution in [0.5, 0.6) is 0 Å². The van der Waals surface area contributed by atoms with Crippen LogP contribution in [0.4, 0.5) is 4.39 Å². The van der Waals surface area contributed by atoms with E-state index in [1.807, 2.05) is 5.43 Å². The Kier molecular flexibility index (Phi) is 2.27. The molecule has 13 heavy (non-hydrogen) atoms. The summed E-state index contributed by atoms with van der Waals surface area (Å²) in [5, 5.41) is 0. The van der Waals surface area contributed by atoms with Crippen molar-refractivity contribution in [2.45, 2.75) is 6.92 Å². The van der Waals surface area contributed by atoms with Crippen LogP contribution in [0.1, 0.15) is 6.92 Å². The van der Waals surface area contributed by atoms with Gasteiger partial charge in [0.1, 0.15) is 0 Å². The molecular formula is C6H6FN3O3. The van der Waals surface area contributed by atoms with Gasteiger partial charge in [-0.1, -0.05) is 0 Å². The number of hydrogen-bond acceptors (Lipinski definition) is 3. The summed E-state index contributed by atoms with van der Waals surface area (Å²) in [6.07, 6.45) is 0.600. The van der Waals surface area contributed by atoms with Gasteiger partial charge in [0.25, 0.3) is 5.56 Å². The van der Waals surface area contributed by atoms with Gasteiger partial charge in [0, 0.05) is 6.92 Å². The maximum absolute atomic E-state index is 12.6. The Morgan fingerprint density at radius 2 is 2.23 bits per heavy atom. The second kappa shape index (κ2) is 3.21. The number of hydrogen-bond donors (Lipinski definition) is 2. The van der Waals surface area contributed by atoms with Crippen molar-refractivity contribution in [1.82, 2.24) is 9.66 Å². The monoisotopic (exact) mass is 187 g/mol. The molecule has 0 spiro atoms. The van der Waals surface area contributed by atoms with E-state index in [2.05, 4.69) is 0 Å². The van der Waals surface area contributed by atoms with Crippen molar-refractivity contribution in [3.05, 3.63) is 32.9 Å². The molecule has 2 N–H and O–H groups in total. The lowest BCUT2D eigenvalue weighted by Crippen LogP contribution is -2.37. The van der Waals surface area contributed by atoms with E-state index in [9.17, 15) is 18.8 Å². The summed E-state index contributed by atoms with van der Waals surface area (Å²) in [5.41, 5.74) is -0.0240. The predicted molar refractivity (Wildman–Crippen MR) is 41.3 cm³/mol. The molecule has 6 nitrogen and oxygen atoms in total. The normalized spacial score (nSPS) is 9.69. The predicted octanol–water partition coefficient (Wildman–Crippen LogP) is -1.23. The number of carbonyl (C=O) groups is 1.